The zero-order valence-electron chi connectivity index (χ0n) is 15.0. The molecule has 1 aromatic heterocycles. The van der Waals surface area contributed by atoms with E-state index in [2.05, 4.69) is 29.3 Å². The smallest absolute Gasteiger partial charge is 0.246 e. The highest BCUT2D eigenvalue weighted by atomic mass is 16.5. The predicted octanol–water partition coefficient (Wildman–Crippen LogP) is 3.56. The van der Waals surface area contributed by atoms with E-state index in [1.165, 1.54) is 12.8 Å². The van der Waals surface area contributed by atoms with Crippen LogP contribution in [-0.2, 0) is 10.4 Å². The number of H-pyrrole nitrogens is 1. The van der Waals surface area contributed by atoms with Crippen molar-refractivity contribution in [3.05, 3.63) is 47.7 Å². The molecule has 5 heteroatoms. The lowest BCUT2D eigenvalue weighted by Gasteiger charge is -2.44. The van der Waals surface area contributed by atoms with Gasteiger partial charge in [-0.25, -0.2) is 0 Å². The summed E-state index contributed by atoms with van der Waals surface area (Å²) >= 11 is 0. The average molecular weight is 349 g/mol. The number of aryl methyl sites for hydroxylation is 1. The van der Waals surface area contributed by atoms with Crippen LogP contribution in [0, 0.1) is 12.8 Å². The lowest BCUT2D eigenvalue weighted by atomic mass is 9.79. The van der Waals surface area contributed by atoms with E-state index in [1.54, 1.807) is 6.08 Å². The summed E-state index contributed by atoms with van der Waals surface area (Å²) in [6, 6.07) is 8.09. The van der Waals surface area contributed by atoms with Gasteiger partial charge in [-0.15, -0.1) is 0 Å². The normalized spacial score (nSPS) is 20.7. The van der Waals surface area contributed by atoms with Crippen LogP contribution in [0.1, 0.15) is 36.9 Å². The Bertz CT molecular complexity index is 886. The van der Waals surface area contributed by atoms with Gasteiger partial charge in [-0.3, -0.25) is 9.89 Å². The Balaban J connectivity index is 1.42. The zero-order valence-corrected chi connectivity index (χ0v) is 15.0. The molecule has 3 heterocycles. The topological polar surface area (TPSA) is 58.2 Å². The number of fused-ring (bicyclic) bond motifs is 4. The summed E-state index contributed by atoms with van der Waals surface area (Å²) in [6.07, 6.45) is 7.86. The largest absolute Gasteiger partial charge is 0.482 e. The second kappa shape index (κ2) is 5.73. The third-order valence-electron chi connectivity index (χ3n) is 5.87. The molecule has 1 saturated heterocycles. The highest BCUT2D eigenvalue weighted by Gasteiger charge is 2.46. The van der Waals surface area contributed by atoms with Gasteiger partial charge in [0.25, 0.3) is 0 Å². The second-order valence-corrected chi connectivity index (χ2v) is 7.69. The number of amides is 1. The van der Waals surface area contributed by atoms with Crippen molar-refractivity contribution >= 4 is 5.91 Å². The third kappa shape index (κ3) is 2.45. The number of rotatable bonds is 2. The van der Waals surface area contributed by atoms with Gasteiger partial charge in [0.15, 0.2) is 0 Å². The number of allylic oxidation sites excluding steroid dienone is 1. The van der Waals surface area contributed by atoms with E-state index in [-0.39, 0.29) is 5.91 Å². The molecule has 26 heavy (non-hydrogen) atoms. The van der Waals surface area contributed by atoms with Gasteiger partial charge >= 0.3 is 0 Å². The molecule has 3 aliphatic rings. The van der Waals surface area contributed by atoms with E-state index in [9.17, 15) is 4.79 Å². The van der Waals surface area contributed by atoms with Crippen molar-refractivity contribution < 1.29 is 9.53 Å². The molecular weight excluding hydrogens is 326 g/mol. The van der Waals surface area contributed by atoms with Gasteiger partial charge in [-0.2, -0.15) is 5.10 Å². The molecule has 1 N–H and O–H groups in total. The van der Waals surface area contributed by atoms with E-state index in [4.69, 9.17) is 4.74 Å². The maximum Gasteiger partial charge on any atom is 0.246 e. The molecular formula is C21H23N3O2. The van der Waals surface area contributed by atoms with Crippen molar-refractivity contribution in [1.82, 2.24) is 15.1 Å². The Hall–Kier alpha value is -2.56. The molecule has 0 bridgehead atoms. The SMILES string of the molecule is Cc1[nH]nc2c1C1(CCN(C(=O)/C=C/C3CC3)CC1)Oc1ccccc1-2. The summed E-state index contributed by atoms with van der Waals surface area (Å²) in [6.45, 7) is 3.47. The number of likely N-dealkylation sites (tertiary alicyclic amines) is 1. The van der Waals surface area contributed by atoms with Crippen LogP contribution in [0.2, 0.25) is 0 Å². The van der Waals surface area contributed by atoms with Gasteiger partial charge in [-0.05, 0) is 43.9 Å². The Morgan fingerprint density at radius 1 is 1.31 bits per heavy atom. The van der Waals surface area contributed by atoms with Gasteiger partial charge in [0.05, 0.1) is 0 Å². The van der Waals surface area contributed by atoms with Crippen LogP contribution < -0.4 is 4.74 Å². The number of hydrogen-bond acceptors (Lipinski definition) is 3. The number of hydrogen-bond donors (Lipinski definition) is 1. The molecule has 1 saturated carbocycles. The fraction of sp³-hybridized carbons (Fsp3) is 0.429. The molecule has 0 atom stereocenters. The van der Waals surface area contributed by atoms with Crippen molar-refractivity contribution in [2.24, 2.45) is 5.92 Å². The molecule has 1 amide bonds. The van der Waals surface area contributed by atoms with Crippen LogP contribution in [0.5, 0.6) is 5.75 Å². The third-order valence-corrected chi connectivity index (χ3v) is 5.87. The lowest BCUT2D eigenvalue weighted by Crippen LogP contribution is -2.48. The summed E-state index contributed by atoms with van der Waals surface area (Å²) in [4.78, 5) is 14.4. The first-order valence-electron chi connectivity index (χ1n) is 9.47. The molecule has 1 aliphatic carbocycles. The summed E-state index contributed by atoms with van der Waals surface area (Å²) in [5.41, 5.74) is 3.87. The molecule has 1 aromatic carbocycles. The highest BCUT2D eigenvalue weighted by molar-refractivity contribution is 5.87. The quantitative estimate of drug-likeness (QED) is 0.844. The molecule has 2 fully saturated rings. The van der Waals surface area contributed by atoms with Crippen LogP contribution in [0.25, 0.3) is 11.3 Å². The van der Waals surface area contributed by atoms with Crippen LogP contribution >= 0.6 is 0 Å². The lowest BCUT2D eigenvalue weighted by molar-refractivity contribution is -0.129. The van der Waals surface area contributed by atoms with Crippen molar-refractivity contribution in [3.8, 4) is 17.0 Å². The Kier molecular flexibility index (Phi) is 3.45. The summed E-state index contributed by atoms with van der Waals surface area (Å²) in [7, 11) is 0. The fourth-order valence-corrected chi connectivity index (χ4v) is 4.25. The highest BCUT2D eigenvalue weighted by Crippen LogP contribution is 2.49. The number of benzene rings is 1. The van der Waals surface area contributed by atoms with E-state index in [0.29, 0.717) is 19.0 Å². The molecule has 1 spiro atoms. The summed E-state index contributed by atoms with van der Waals surface area (Å²) in [5, 5.41) is 7.70. The second-order valence-electron chi connectivity index (χ2n) is 7.69. The molecule has 2 aliphatic heterocycles. The first-order chi connectivity index (χ1) is 12.7. The predicted molar refractivity (Wildman–Crippen MR) is 98.7 cm³/mol. The number of carbonyl (C=O) groups excluding carboxylic acids is 1. The monoisotopic (exact) mass is 349 g/mol. The zero-order chi connectivity index (χ0) is 17.7. The number of piperidine rings is 1. The van der Waals surface area contributed by atoms with E-state index in [0.717, 1.165) is 41.1 Å². The van der Waals surface area contributed by atoms with Crippen molar-refractivity contribution in [2.75, 3.05) is 13.1 Å². The van der Waals surface area contributed by atoms with Gasteiger partial charge in [-0.1, -0.05) is 18.2 Å². The van der Waals surface area contributed by atoms with Crippen LogP contribution in [0.15, 0.2) is 36.4 Å². The Labute approximate surface area is 153 Å². The fourth-order valence-electron chi connectivity index (χ4n) is 4.25. The Morgan fingerprint density at radius 2 is 2.08 bits per heavy atom. The van der Waals surface area contributed by atoms with Gasteiger partial charge in [0.2, 0.25) is 5.91 Å². The molecule has 0 unspecified atom stereocenters. The van der Waals surface area contributed by atoms with Crippen molar-refractivity contribution in [2.45, 2.75) is 38.2 Å². The maximum atomic E-state index is 12.4. The van der Waals surface area contributed by atoms with E-state index in [1.807, 2.05) is 23.1 Å². The van der Waals surface area contributed by atoms with Gasteiger partial charge < -0.3 is 9.64 Å². The first kappa shape index (κ1) is 15.7. The van der Waals surface area contributed by atoms with E-state index < -0.39 is 5.60 Å². The number of para-hydroxylation sites is 1. The van der Waals surface area contributed by atoms with Crippen LogP contribution in [-0.4, -0.2) is 34.1 Å². The van der Waals surface area contributed by atoms with Crippen LogP contribution in [0.4, 0.5) is 0 Å². The molecule has 134 valence electrons. The van der Waals surface area contributed by atoms with Crippen molar-refractivity contribution in [3.63, 3.8) is 0 Å². The molecule has 2 aromatic rings. The summed E-state index contributed by atoms with van der Waals surface area (Å²) in [5.74, 6) is 1.65. The first-order valence-corrected chi connectivity index (χ1v) is 9.47. The summed E-state index contributed by atoms with van der Waals surface area (Å²) < 4.78 is 6.55. The number of nitrogens with zero attached hydrogens (tertiary/aromatic N) is 2. The minimum absolute atomic E-state index is 0.132. The maximum absolute atomic E-state index is 12.4. The minimum atomic E-state index is -0.391. The van der Waals surface area contributed by atoms with Crippen molar-refractivity contribution in [1.29, 1.82) is 0 Å². The number of carbonyl (C=O) groups is 1. The number of ether oxygens (including phenoxy) is 1. The molecule has 5 rings (SSSR count). The van der Waals surface area contributed by atoms with Gasteiger partial charge in [0, 0.05) is 42.8 Å². The van der Waals surface area contributed by atoms with Crippen LogP contribution in [0.3, 0.4) is 0 Å². The molecule has 5 nitrogen and oxygen atoms in total. The molecule has 0 radical (unpaired) electrons. The number of aromatic nitrogens is 2. The average Bonchev–Trinajstić information content (AvgIpc) is 3.41. The number of aromatic amines is 1. The van der Waals surface area contributed by atoms with Gasteiger partial charge in [0.1, 0.15) is 17.0 Å². The Morgan fingerprint density at radius 3 is 2.85 bits per heavy atom. The number of nitrogens with one attached hydrogen (secondary N) is 1. The van der Waals surface area contributed by atoms with E-state index >= 15 is 0 Å². The standard InChI is InChI=1S/C21H23N3O2/c1-14-19-20(23-22-14)16-4-2-3-5-17(16)26-21(19)10-12-24(13-11-21)18(25)9-8-15-6-7-15/h2-5,8-9,15H,6-7,10-13H2,1H3,(H,22,23)/b9-8+. The minimum Gasteiger partial charge on any atom is -0.482 e.